The van der Waals surface area contributed by atoms with E-state index in [2.05, 4.69) is 13.8 Å². The van der Waals surface area contributed by atoms with Gasteiger partial charge in [0.05, 0.1) is 0 Å². The number of hydrogen-bond acceptors (Lipinski definition) is 0. The zero-order valence-corrected chi connectivity index (χ0v) is 7.59. The van der Waals surface area contributed by atoms with Crippen LogP contribution < -0.4 is 0 Å². The van der Waals surface area contributed by atoms with Crippen LogP contribution in [0.3, 0.4) is 0 Å². The van der Waals surface area contributed by atoms with Crippen LogP contribution in [0, 0.1) is 35.5 Å². The minimum absolute atomic E-state index is 0.976. The molecule has 0 spiro atoms. The molecule has 0 aromatic rings. The fourth-order valence-corrected chi connectivity index (χ4v) is 4.16. The molecular weight excluding hydrogens is 132 g/mol. The SMILES string of the molecule is CC(C)C1C2CC1C1CC2C1. The highest BCUT2D eigenvalue weighted by Crippen LogP contribution is 2.67. The molecule has 6 saturated carbocycles. The van der Waals surface area contributed by atoms with Crippen LogP contribution in [0.4, 0.5) is 0 Å². The van der Waals surface area contributed by atoms with Gasteiger partial charge in [0.1, 0.15) is 0 Å². The van der Waals surface area contributed by atoms with E-state index in [1.807, 2.05) is 0 Å². The maximum atomic E-state index is 2.43. The maximum absolute atomic E-state index is 2.43. The largest absolute Gasteiger partial charge is 0.0625 e. The number of hydrogen-bond donors (Lipinski definition) is 0. The van der Waals surface area contributed by atoms with Crippen molar-refractivity contribution in [2.75, 3.05) is 0 Å². The minimum atomic E-state index is 0.976. The Labute approximate surface area is 69.4 Å². The van der Waals surface area contributed by atoms with Crippen LogP contribution in [-0.4, -0.2) is 0 Å². The maximum Gasteiger partial charge on any atom is -0.0329 e. The van der Waals surface area contributed by atoms with Crippen molar-refractivity contribution >= 4 is 0 Å². The molecular formula is C11H18. The Kier molecular flexibility index (Phi) is 1.09. The van der Waals surface area contributed by atoms with Crippen LogP contribution in [0.15, 0.2) is 0 Å². The Hall–Kier alpha value is 0. The predicted octanol–water partition coefficient (Wildman–Crippen LogP) is 2.93. The van der Waals surface area contributed by atoms with Gasteiger partial charge in [0, 0.05) is 0 Å². The highest BCUT2D eigenvalue weighted by Gasteiger charge is 2.59. The standard InChI is InChI=1S/C11H18/c1-6(2)11-9-5-10(11)8-3-7(9)4-8/h6-11H,3-5H2,1-2H3. The third kappa shape index (κ3) is 0.625. The van der Waals surface area contributed by atoms with E-state index in [-0.39, 0.29) is 0 Å². The van der Waals surface area contributed by atoms with Gasteiger partial charge in [0.25, 0.3) is 0 Å². The Bertz CT molecular complexity index is 162. The van der Waals surface area contributed by atoms with Gasteiger partial charge >= 0.3 is 0 Å². The molecule has 0 N–H and O–H groups in total. The molecule has 6 rings (SSSR count). The molecule has 6 aliphatic carbocycles. The molecule has 6 aliphatic rings. The normalized spacial score (nSPS) is 58.6. The van der Waals surface area contributed by atoms with E-state index in [1.165, 1.54) is 23.7 Å². The first kappa shape index (κ1) is 6.51. The Morgan fingerprint density at radius 2 is 1.45 bits per heavy atom. The first-order valence-electron chi connectivity index (χ1n) is 5.27. The van der Waals surface area contributed by atoms with Gasteiger partial charge in [-0.3, -0.25) is 0 Å². The van der Waals surface area contributed by atoms with Gasteiger partial charge in [0.15, 0.2) is 0 Å². The van der Waals surface area contributed by atoms with E-state index in [0.717, 1.165) is 11.8 Å². The van der Waals surface area contributed by atoms with Crippen molar-refractivity contribution < 1.29 is 0 Å². The topological polar surface area (TPSA) is 0 Å². The third-order valence-corrected chi connectivity index (χ3v) is 4.72. The summed E-state index contributed by atoms with van der Waals surface area (Å²) in [4.78, 5) is 0. The minimum Gasteiger partial charge on any atom is -0.0625 e. The van der Waals surface area contributed by atoms with Crippen LogP contribution in [-0.2, 0) is 0 Å². The van der Waals surface area contributed by atoms with E-state index >= 15 is 0 Å². The average molecular weight is 150 g/mol. The zero-order valence-electron chi connectivity index (χ0n) is 7.59. The van der Waals surface area contributed by atoms with Crippen LogP contribution in [0.5, 0.6) is 0 Å². The summed E-state index contributed by atoms with van der Waals surface area (Å²) in [6, 6.07) is 0. The third-order valence-electron chi connectivity index (χ3n) is 4.72. The highest BCUT2D eigenvalue weighted by atomic mass is 14.6. The average Bonchev–Trinajstić information content (AvgIpc) is 1.82. The molecule has 2 atom stereocenters. The molecule has 0 aromatic heterocycles. The van der Waals surface area contributed by atoms with Crippen LogP contribution >= 0.6 is 0 Å². The van der Waals surface area contributed by atoms with E-state index in [1.54, 1.807) is 19.3 Å². The van der Waals surface area contributed by atoms with Crippen LogP contribution in [0.1, 0.15) is 33.1 Å². The number of rotatable bonds is 1. The lowest BCUT2D eigenvalue weighted by Gasteiger charge is -2.66. The quantitative estimate of drug-likeness (QED) is 0.539. The molecule has 0 aliphatic heterocycles. The monoisotopic (exact) mass is 150 g/mol. The summed E-state index contributed by atoms with van der Waals surface area (Å²) >= 11 is 0. The molecule has 0 aromatic carbocycles. The molecule has 4 bridgehead atoms. The summed E-state index contributed by atoms with van der Waals surface area (Å²) in [6.45, 7) is 4.85. The molecule has 0 saturated heterocycles. The second-order valence-electron chi connectivity index (χ2n) is 5.38. The van der Waals surface area contributed by atoms with Gasteiger partial charge in [-0.05, 0) is 54.8 Å². The van der Waals surface area contributed by atoms with Gasteiger partial charge in [-0.1, -0.05) is 13.8 Å². The van der Waals surface area contributed by atoms with E-state index < -0.39 is 0 Å². The van der Waals surface area contributed by atoms with Gasteiger partial charge in [-0.2, -0.15) is 0 Å². The first-order valence-corrected chi connectivity index (χ1v) is 5.27. The summed E-state index contributed by atoms with van der Waals surface area (Å²) in [6.07, 6.45) is 4.83. The zero-order chi connectivity index (χ0) is 7.59. The molecule has 0 amide bonds. The molecule has 2 unspecified atom stereocenters. The Morgan fingerprint density at radius 3 is 1.73 bits per heavy atom. The Morgan fingerprint density at radius 1 is 0.909 bits per heavy atom. The predicted molar refractivity (Wildman–Crippen MR) is 46.1 cm³/mol. The van der Waals surface area contributed by atoms with Crippen LogP contribution in [0.2, 0.25) is 0 Å². The van der Waals surface area contributed by atoms with Crippen molar-refractivity contribution in [2.24, 2.45) is 35.5 Å². The summed E-state index contributed by atoms with van der Waals surface area (Å²) in [7, 11) is 0. The summed E-state index contributed by atoms with van der Waals surface area (Å²) < 4.78 is 0. The fourth-order valence-electron chi connectivity index (χ4n) is 4.16. The van der Waals surface area contributed by atoms with Crippen molar-refractivity contribution in [2.45, 2.75) is 33.1 Å². The lowest BCUT2D eigenvalue weighted by atomic mass is 9.39. The first-order chi connectivity index (χ1) is 5.27. The van der Waals surface area contributed by atoms with Crippen molar-refractivity contribution in [1.82, 2.24) is 0 Å². The van der Waals surface area contributed by atoms with Gasteiger partial charge in [0.2, 0.25) is 0 Å². The molecule has 6 fully saturated rings. The highest BCUT2D eigenvalue weighted by molar-refractivity contribution is 5.08. The fraction of sp³-hybridized carbons (Fsp3) is 1.00. The molecule has 0 heterocycles. The van der Waals surface area contributed by atoms with Crippen molar-refractivity contribution in [3.63, 3.8) is 0 Å². The summed E-state index contributed by atoms with van der Waals surface area (Å²) in [5, 5.41) is 0. The Balaban J connectivity index is 1.82. The van der Waals surface area contributed by atoms with Crippen LogP contribution in [0.25, 0.3) is 0 Å². The smallest absolute Gasteiger partial charge is 0.0329 e. The van der Waals surface area contributed by atoms with Crippen molar-refractivity contribution in [3.05, 3.63) is 0 Å². The van der Waals surface area contributed by atoms with E-state index in [0.29, 0.717) is 0 Å². The van der Waals surface area contributed by atoms with Crippen molar-refractivity contribution in [3.8, 4) is 0 Å². The summed E-state index contributed by atoms with van der Waals surface area (Å²) in [5.74, 6) is 6.82. The second-order valence-corrected chi connectivity index (χ2v) is 5.38. The van der Waals surface area contributed by atoms with Gasteiger partial charge in [-0.25, -0.2) is 0 Å². The molecule has 0 radical (unpaired) electrons. The van der Waals surface area contributed by atoms with Gasteiger partial charge in [-0.15, -0.1) is 0 Å². The molecule has 62 valence electrons. The van der Waals surface area contributed by atoms with Gasteiger partial charge < -0.3 is 0 Å². The van der Waals surface area contributed by atoms with E-state index in [4.69, 9.17) is 0 Å². The second kappa shape index (κ2) is 1.84. The molecule has 11 heavy (non-hydrogen) atoms. The summed E-state index contributed by atoms with van der Waals surface area (Å²) in [5.41, 5.74) is 0. The lowest BCUT2D eigenvalue weighted by molar-refractivity contribution is -0.174. The lowest BCUT2D eigenvalue weighted by Crippen LogP contribution is -2.59. The molecule has 0 nitrogen and oxygen atoms in total. The van der Waals surface area contributed by atoms with E-state index in [9.17, 15) is 0 Å². The van der Waals surface area contributed by atoms with Crippen molar-refractivity contribution in [1.29, 1.82) is 0 Å². The molecule has 0 heteroatoms.